The van der Waals surface area contributed by atoms with Crippen molar-refractivity contribution in [3.63, 3.8) is 0 Å². The van der Waals surface area contributed by atoms with Crippen molar-refractivity contribution in [2.24, 2.45) is 5.92 Å². The molecule has 0 unspecified atom stereocenters. The van der Waals surface area contributed by atoms with Gasteiger partial charge in [0.05, 0.1) is 26.2 Å². The van der Waals surface area contributed by atoms with Crippen LogP contribution in [0.5, 0.6) is 11.5 Å². The van der Waals surface area contributed by atoms with Crippen LogP contribution >= 0.6 is 15.9 Å². The Morgan fingerprint density at radius 2 is 1.58 bits per heavy atom. The van der Waals surface area contributed by atoms with Crippen LogP contribution in [0.1, 0.15) is 23.6 Å². The second kappa shape index (κ2) is 9.67. The fourth-order valence-corrected chi connectivity index (χ4v) is 4.67. The van der Waals surface area contributed by atoms with E-state index in [0.29, 0.717) is 11.5 Å². The predicted octanol–water partition coefficient (Wildman–Crippen LogP) is 5.51. The van der Waals surface area contributed by atoms with Crippen LogP contribution in [0.2, 0.25) is 0 Å². The molecule has 0 aliphatic carbocycles. The lowest BCUT2D eigenvalue weighted by Gasteiger charge is -2.29. The zero-order valence-corrected chi connectivity index (χ0v) is 20.3. The van der Waals surface area contributed by atoms with E-state index in [0.717, 1.165) is 27.0 Å². The van der Waals surface area contributed by atoms with Gasteiger partial charge in [-0.3, -0.25) is 9.59 Å². The number of amides is 2. The first-order valence-corrected chi connectivity index (χ1v) is 11.4. The number of hydrogen-bond acceptors (Lipinski definition) is 4. The summed E-state index contributed by atoms with van der Waals surface area (Å²) < 4.78 is 11.5. The van der Waals surface area contributed by atoms with E-state index in [1.165, 1.54) is 0 Å². The van der Waals surface area contributed by atoms with Crippen LogP contribution in [0, 0.1) is 12.8 Å². The number of benzene rings is 3. The van der Waals surface area contributed by atoms with Crippen molar-refractivity contribution < 1.29 is 19.1 Å². The number of hydrogen-bond donors (Lipinski definition) is 1. The van der Waals surface area contributed by atoms with Gasteiger partial charge in [-0.2, -0.15) is 0 Å². The Labute approximate surface area is 201 Å². The number of nitrogens with zero attached hydrogens (tertiary/aromatic N) is 1. The van der Waals surface area contributed by atoms with Gasteiger partial charge >= 0.3 is 0 Å². The molecule has 33 heavy (non-hydrogen) atoms. The molecule has 1 fully saturated rings. The van der Waals surface area contributed by atoms with E-state index < -0.39 is 12.0 Å². The van der Waals surface area contributed by atoms with Crippen molar-refractivity contribution >= 4 is 39.1 Å². The molecule has 1 heterocycles. The lowest BCUT2D eigenvalue weighted by molar-refractivity contribution is -0.122. The molecule has 0 bridgehead atoms. The standard InChI is InChI=1S/C26H25BrN2O4/c1-16-14-18(27)6-13-23(16)28-26(31)22-15-24(30)29(19-7-11-21(33-3)12-8-19)25(22)17-4-9-20(32-2)10-5-17/h4-14,22,25H,15H2,1-3H3,(H,28,31)/t22-,25+/m0/s1. The third kappa shape index (κ3) is 4.73. The van der Waals surface area contributed by atoms with Gasteiger partial charge in [0.1, 0.15) is 11.5 Å². The number of ether oxygens (including phenoxy) is 2. The molecule has 2 atom stereocenters. The van der Waals surface area contributed by atoms with Crippen molar-refractivity contribution in [3.8, 4) is 11.5 Å². The van der Waals surface area contributed by atoms with E-state index in [4.69, 9.17) is 9.47 Å². The summed E-state index contributed by atoms with van der Waals surface area (Å²) in [5, 5.41) is 3.03. The zero-order chi connectivity index (χ0) is 23.5. The fraction of sp³-hybridized carbons (Fsp3) is 0.231. The van der Waals surface area contributed by atoms with Gasteiger partial charge in [0.2, 0.25) is 11.8 Å². The highest BCUT2D eigenvalue weighted by Gasteiger charge is 2.45. The summed E-state index contributed by atoms with van der Waals surface area (Å²) in [4.78, 5) is 28.3. The van der Waals surface area contributed by atoms with Crippen molar-refractivity contribution in [1.29, 1.82) is 0 Å². The van der Waals surface area contributed by atoms with Crippen molar-refractivity contribution in [3.05, 3.63) is 82.3 Å². The summed E-state index contributed by atoms with van der Waals surface area (Å²) in [5.74, 6) is 0.562. The first-order chi connectivity index (χ1) is 15.9. The molecule has 1 aliphatic rings. The van der Waals surface area contributed by atoms with Gasteiger partial charge in [0.25, 0.3) is 0 Å². The van der Waals surface area contributed by atoms with Crippen LogP contribution in [-0.2, 0) is 9.59 Å². The van der Waals surface area contributed by atoms with E-state index >= 15 is 0 Å². The second-order valence-electron chi connectivity index (χ2n) is 7.94. The quantitative estimate of drug-likeness (QED) is 0.476. The van der Waals surface area contributed by atoms with Gasteiger partial charge in [0, 0.05) is 22.3 Å². The summed E-state index contributed by atoms with van der Waals surface area (Å²) in [6.07, 6.45) is 0.115. The topological polar surface area (TPSA) is 67.9 Å². The van der Waals surface area contributed by atoms with Gasteiger partial charge in [-0.25, -0.2) is 0 Å². The normalized spacial score (nSPS) is 17.7. The highest BCUT2D eigenvalue weighted by molar-refractivity contribution is 9.10. The average molecular weight is 509 g/mol. The first-order valence-electron chi connectivity index (χ1n) is 10.6. The first kappa shape index (κ1) is 22.9. The van der Waals surface area contributed by atoms with Crippen LogP contribution in [0.3, 0.4) is 0 Å². The molecule has 4 rings (SSSR count). The summed E-state index contributed by atoms with van der Waals surface area (Å²) in [6.45, 7) is 1.94. The Hall–Kier alpha value is -3.32. The minimum absolute atomic E-state index is 0.103. The molecule has 3 aromatic rings. The minimum atomic E-state index is -0.559. The van der Waals surface area contributed by atoms with E-state index in [1.807, 2.05) is 73.7 Å². The van der Waals surface area contributed by atoms with Gasteiger partial charge in [-0.1, -0.05) is 28.1 Å². The maximum Gasteiger partial charge on any atom is 0.230 e. The number of aryl methyl sites for hydroxylation is 1. The van der Waals surface area contributed by atoms with E-state index in [9.17, 15) is 9.59 Å². The molecule has 0 spiro atoms. The van der Waals surface area contributed by atoms with Crippen molar-refractivity contribution in [2.75, 3.05) is 24.4 Å². The zero-order valence-electron chi connectivity index (χ0n) is 18.7. The third-order valence-electron chi connectivity index (χ3n) is 5.91. The Morgan fingerprint density at radius 3 is 2.15 bits per heavy atom. The second-order valence-corrected chi connectivity index (χ2v) is 8.85. The highest BCUT2D eigenvalue weighted by Crippen LogP contribution is 2.42. The molecule has 0 saturated carbocycles. The Kier molecular flexibility index (Phi) is 6.70. The predicted molar refractivity (Wildman–Crippen MR) is 132 cm³/mol. The molecule has 0 radical (unpaired) electrons. The van der Waals surface area contributed by atoms with Crippen LogP contribution in [0.15, 0.2) is 71.2 Å². The Balaban J connectivity index is 1.71. The fourth-order valence-electron chi connectivity index (χ4n) is 4.19. The van der Waals surface area contributed by atoms with Crippen LogP contribution in [0.25, 0.3) is 0 Å². The molecule has 1 N–H and O–H groups in total. The maximum atomic E-state index is 13.4. The maximum absolute atomic E-state index is 13.4. The Bertz CT molecular complexity index is 1160. The average Bonchev–Trinajstić information content (AvgIpc) is 3.18. The summed E-state index contributed by atoms with van der Waals surface area (Å²) in [6, 6.07) is 20.0. The summed E-state index contributed by atoms with van der Waals surface area (Å²) in [5.41, 5.74) is 3.25. The highest BCUT2D eigenvalue weighted by atomic mass is 79.9. The van der Waals surface area contributed by atoms with Crippen molar-refractivity contribution in [1.82, 2.24) is 0 Å². The van der Waals surface area contributed by atoms with E-state index in [1.54, 1.807) is 19.1 Å². The van der Waals surface area contributed by atoms with Gasteiger partial charge in [-0.05, 0) is 72.6 Å². The molecule has 1 aliphatic heterocycles. The number of carbonyl (C=O) groups is 2. The molecular weight excluding hydrogens is 484 g/mol. The smallest absolute Gasteiger partial charge is 0.230 e. The van der Waals surface area contributed by atoms with Crippen LogP contribution in [-0.4, -0.2) is 26.0 Å². The molecule has 1 saturated heterocycles. The number of methoxy groups -OCH3 is 2. The molecule has 2 amide bonds. The molecular formula is C26H25BrN2O4. The SMILES string of the molecule is COc1ccc([C@@H]2[C@@H](C(=O)Nc3ccc(Br)cc3C)CC(=O)N2c2ccc(OC)cc2)cc1. The minimum Gasteiger partial charge on any atom is -0.497 e. The number of anilines is 2. The largest absolute Gasteiger partial charge is 0.497 e. The number of carbonyl (C=O) groups excluding carboxylic acids is 2. The molecule has 6 nitrogen and oxygen atoms in total. The van der Waals surface area contributed by atoms with Gasteiger partial charge in [-0.15, -0.1) is 0 Å². The molecule has 170 valence electrons. The summed E-state index contributed by atoms with van der Waals surface area (Å²) in [7, 11) is 3.20. The lowest BCUT2D eigenvalue weighted by Crippen LogP contribution is -2.32. The Morgan fingerprint density at radius 1 is 0.970 bits per heavy atom. The van der Waals surface area contributed by atoms with Crippen LogP contribution < -0.4 is 19.7 Å². The number of nitrogens with one attached hydrogen (secondary N) is 1. The molecule has 7 heteroatoms. The molecule has 0 aromatic heterocycles. The monoisotopic (exact) mass is 508 g/mol. The van der Waals surface area contributed by atoms with E-state index in [-0.39, 0.29) is 18.2 Å². The van der Waals surface area contributed by atoms with Crippen LogP contribution in [0.4, 0.5) is 11.4 Å². The summed E-state index contributed by atoms with van der Waals surface area (Å²) >= 11 is 3.45. The van der Waals surface area contributed by atoms with Crippen molar-refractivity contribution in [2.45, 2.75) is 19.4 Å². The van der Waals surface area contributed by atoms with E-state index in [2.05, 4.69) is 21.2 Å². The third-order valence-corrected chi connectivity index (χ3v) is 6.41. The number of halogens is 1. The van der Waals surface area contributed by atoms with Gasteiger partial charge in [0.15, 0.2) is 0 Å². The number of rotatable bonds is 6. The van der Waals surface area contributed by atoms with Gasteiger partial charge < -0.3 is 19.7 Å². The lowest BCUT2D eigenvalue weighted by atomic mass is 9.92. The molecule has 3 aromatic carbocycles.